The summed E-state index contributed by atoms with van der Waals surface area (Å²) in [7, 11) is -0.591. The lowest BCUT2D eigenvalue weighted by atomic mass is 10.0. The van der Waals surface area contributed by atoms with Gasteiger partial charge in [-0.1, -0.05) is 60.7 Å². The number of carbonyl (C=O) groups is 2. The zero-order valence-electron chi connectivity index (χ0n) is 23.1. The zero-order chi connectivity index (χ0) is 28.8. The number of benzene rings is 3. The number of amides is 2. The van der Waals surface area contributed by atoms with E-state index in [1.807, 2.05) is 60.7 Å². The Morgan fingerprint density at radius 3 is 2.12 bits per heavy atom. The van der Waals surface area contributed by atoms with Crippen molar-refractivity contribution in [2.45, 2.75) is 37.9 Å². The first kappa shape index (κ1) is 30.9. The highest BCUT2D eigenvalue weighted by atomic mass is 31.2. The minimum Gasteiger partial charge on any atom is -0.497 e. The van der Waals surface area contributed by atoms with E-state index in [4.69, 9.17) is 9.47 Å². The molecule has 9 heteroatoms. The Labute approximate surface area is 236 Å². The molecule has 0 radical (unpaired) electrons. The molecule has 0 aliphatic carbocycles. The van der Waals surface area contributed by atoms with Crippen molar-refractivity contribution in [3.05, 3.63) is 96.1 Å². The van der Waals surface area contributed by atoms with Crippen molar-refractivity contribution >= 4 is 19.2 Å². The van der Waals surface area contributed by atoms with Gasteiger partial charge in [0.05, 0.1) is 13.7 Å². The number of para-hydroxylation sites is 1. The fourth-order valence-electron chi connectivity index (χ4n) is 4.45. The maximum absolute atomic E-state index is 13.5. The summed E-state index contributed by atoms with van der Waals surface area (Å²) in [6.07, 6.45) is 1.78. The first-order valence-corrected chi connectivity index (χ1v) is 15.5. The minimum absolute atomic E-state index is 0.0144. The van der Waals surface area contributed by atoms with E-state index in [0.717, 1.165) is 16.9 Å². The number of hydrogen-bond donors (Lipinski definition) is 3. The van der Waals surface area contributed by atoms with Crippen molar-refractivity contribution in [1.29, 1.82) is 0 Å². The van der Waals surface area contributed by atoms with Crippen molar-refractivity contribution < 1.29 is 28.5 Å². The zero-order valence-corrected chi connectivity index (χ0v) is 24.0. The third-order valence-corrected chi connectivity index (χ3v) is 8.46. The van der Waals surface area contributed by atoms with E-state index in [1.54, 1.807) is 31.4 Å². The van der Waals surface area contributed by atoms with Crippen molar-refractivity contribution in [2.75, 3.05) is 26.9 Å². The van der Waals surface area contributed by atoms with Gasteiger partial charge in [0.25, 0.3) is 0 Å². The van der Waals surface area contributed by atoms with E-state index in [2.05, 4.69) is 10.6 Å². The molecule has 214 valence electrons. The van der Waals surface area contributed by atoms with Crippen LogP contribution in [0.1, 0.15) is 30.4 Å². The molecule has 0 aliphatic heterocycles. The third kappa shape index (κ3) is 10.5. The molecular formula is C31H39N2O6P. The lowest BCUT2D eigenvalue weighted by molar-refractivity contribution is -0.130. The molecule has 3 N–H and O–H groups in total. The molecule has 0 bridgehead atoms. The van der Waals surface area contributed by atoms with Crippen LogP contribution in [0.5, 0.6) is 11.5 Å². The summed E-state index contributed by atoms with van der Waals surface area (Å²) in [5.41, 5.74) is 1.59. The minimum atomic E-state index is -3.68. The van der Waals surface area contributed by atoms with Gasteiger partial charge in [0.1, 0.15) is 17.5 Å². The highest BCUT2D eigenvalue weighted by Crippen LogP contribution is 2.47. The molecule has 0 saturated carbocycles. The summed E-state index contributed by atoms with van der Waals surface area (Å²) in [5.74, 6) is -0.0208. The number of likely N-dealkylation sites (N-methyl/N-ethyl adjacent to an activating group) is 1. The Morgan fingerprint density at radius 1 is 0.850 bits per heavy atom. The SMILES string of the molecule is CNC(=O)C(Cc1ccc(OC)cc1)NC(=O)C(CCCCOc1ccccc1)CP(=O)(O)Cc1ccccc1. The van der Waals surface area contributed by atoms with Crippen molar-refractivity contribution in [3.63, 3.8) is 0 Å². The number of rotatable bonds is 16. The summed E-state index contributed by atoms with van der Waals surface area (Å²) in [6.45, 7) is 0.470. The maximum Gasteiger partial charge on any atom is 0.242 e. The molecule has 0 aliphatic rings. The highest BCUT2D eigenvalue weighted by Gasteiger charge is 2.31. The molecule has 8 nitrogen and oxygen atoms in total. The quantitative estimate of drug-likeness (QED) is 0.170. The molecule has 3 rings (SSSR count). The largest absolute Gasteiger partial charge is 0.497 e. The number of methoxy groups -OCH3 is 1. The smallest absolute Gasteiger partial charge is 0.242 e. The Balaban J connectivity index is 1.68. The predicted octanol–water partition coefficient (Wildman–Crippen LogP) is 4.80. The van der Waals surface area contributed by atoms with Crippen LogP contribution in [0, 0.1) is 5.92 Å². The van der Waals surface area contributed by atoms with Crippen LogP contribution in [-0.2, 0) is 26.7 Å². The molecule has 3 aromatic rings. The average molecular weight is 567 g/mol. The highest BCUT2D eigenvalue weighted by molar-refractivity contribution is 7.57. The van der Waals surface area contributed by atoms with Gasteiger partial charge in [0, 0.05) is 31.7 Å². The lowest BCUT2D eigenvalue weighted by Crippen LogP contribution is -2.49. The van der Waals surface area contributed by atoms with Crippen LogP contribution in [-0.4, -0.2) is 49.7 Å². The van der Waals surface area contributed by atoms with E-state index < -0.39 is 25.2 Å². The molecule has 0 aromatic heterocycles. The molecule has 3 aromatic carbocycles. The first-order valence-electron chi connectivity index (χ1n) is 13.5. The van der Waals surface area contributed by atoms with Crippen LogP contribution in [0.3, 0.4) is 0 Å². The maximum atomic E-state index is 13.5. The standard InChI is InChI=1S/C31H39N2O6P/c1-32-31(35)29(21-24-16-18-27(38-2)19-17-24)33-30(34)26(13-9-10-20-39-28-14-7-4-8-15-28)23-40(36,37)22-25-11-5-3-6-12-25/h3-8,11-12,14-19,26,29H,9-10,13,20-23H2,1-2H3,(H,32,35)(H,33,34)(H,36,37). The first-order chi connectivity index (χ1) is 19.3. The second-order valence-corrected chi connectivity index (χ2v) is 12.1. The van der Waals surface area contributed by atoms with Gasteiger partial charge in [-0.15, -0.1) is 0 Å². The van der Waals surface area contributed by atoms with Gasteiger partial charge in [0.15, 0.2) is 0 Å². The Hall–Kier alpha value is -3.61. The number of hydrogen-bond acceptors (Lipinski definition) is 5. The van der Waals surface area contributed by atoms with Crippen molar-refractivity contribution in [1.82, 2.24) is 10.6 Å². The molecule has 0 spiro atoms. The van der Waals surface area contributed by atoms with Gasteiger partial charge in [-0.25, -0.2) is 0 Å². The lowest BCUT2D eigenvalue weighted by Gasteiger charge is -2.24. The monoisotopic (exact) mass is 566 g/mol. The molecule has 0 fully saturated rings. The van der Waals surface area contributed by atoms with Gasteiger partial charge < -0.3 is 25.0 Å². The molecule has 40 heavy (non-hydrogen) atoms. The van der Waals surface area contributed by atoms with Crippen LogP contribution in [0.4, 0.5) is 0 Å². The van der Waals surface area contributed by atoms with E-state index in [9.17, 15) is 19.0 Å². The van der Waals surface area contributed by atoms with Gasteiger partial charge in [-0.2, -0.15) is 0 Å². The van der Waals surface area contributed by atoms with E-state index in [1.165, 1.54) is 7.05 Å². The second kappa shape index (κ2) is 15.8. The molecule has 3 atom stereocenters. The summed E-state index contributed by atoms with van der Waals surface area (Å²) >= 11 is 0. The third-order valence-electron chi connectivity index (χ3n) is 6.59. The van der Waals surface area contributed by atoms with Gasteiger partial charge in [0.2, 0.25) is 19.2 Å². The average Bonchev–Trinajstić information content (AvgIpc) is 2.96. The molecular weight excluding hydrogens is 527 g/mol. The predicted molar refractivity (Wildman–Crippen MR) is 157 cm³/mol. The fraction of sp³-hybridized carbons (Fsp3) is 0.355. The van der Waals surface area contributed by atoms with Crippen molar-refractivity contribution in [2.24, 2.45) is 5.92 Å². The fourth-order valence-corrected chi connectivity index (χ4v) is 6.40. The Bertz CT molecular complexity index is 1240. The van der Waals surface area contributed by atoms with Crippen LogP contribution < -0.4 is 20.1 Å². The van der Waals surface area contributed by atoms with Crippen LogP contribution in [0.25, 0.3) is 0 Å². The van der Waals surface area contributed by atoms with E-state index in [-0.39, 0.29) is 24.7 Å². The Kier molecular flexibility index (Phi) is 12.3. The summed E-state index contributed by atoms with van der Waals surface area (Å²) in [6, 6.07) is 25.0. The van der Waals surface area contributed by atoms with E-state index in [0.29, 0.717) is 31.6 Å². The topological polar surface area (TPSA) is 114 Å². The van der Waals surface area contributed by atoms with Crippen LogP contribution >= 0.6 is 7.37 Å². The Morgan fingerprint density at radius 2 is 1.50 bits per heavy atom. The summed E-state index contributed by atoms with van der Waals surface area (Å²) < 4.78 is 24.2. The molecule has 2 amide bonds. The number of unbranched alkanes of at least 4 members (excludes halogenated alkanes) is 1. The molecule has 0 heterocycles. The number of carbonyl (C=O) groups excluding carboxylic acids is 2. The summed E-state index contributed by atoms with van der Waals surface area (Å²) in [5, 5.41) is 5.46. The number of ether oxygens (including phenoxy) is 2. The second-order valence-electron chi connectivity index (χ2n) is 9.75. The van der Waals surface area contributed by atoms with Gasteiger partial charge >= 0.3 is 0 Å². The number of nitrogens with one attached hydrogen (secondary N) is 2. The normalized spacial score (nSPS) is 13.9. The molecule has 0 saturated heterocycles. The van der Waals surface area contributed by atoms with Crippen LogP contribution in [0.2, 0.25) is 0 Å². The van der Waals surface area contributed by atoms with Crippen molar-refractivity contribution in [3.8, 4) is 11.5 Å². The van der Waals surface area contributed by atoms with Gasteiger partial charge in [-0.3, -0.25) is 14.2 Å². The summed E-state index contributed by atoms with van der Waals surface area (Å²) in [4.78, 5) is 37.1. The van der Waals surface area contributed by atoms with Gasteiger partial charge in [-0.05, 0) is 54.7 Å². The van der Waals surface area contributed by atoms with E-state index >= 15 is 0 Å². The van der Waals surface area contributed by atoms with Crippen LogP contribution in [0.15, 0.2) is 84.9 Å². The molecule has 3 unspecified atom stereocenters.